The Morgan fingerprint density at radius 2 is 1.88 bits per heavy atom. The second-order valence-corrected chi connectivity index (χ2v) is 9.09. The van der Waals surface area contributed by atoms with Crippen LogP contribution in [-0.2, 0) is 11.8 Å². The van der Waals surface area contributed by atoms with E-state index in [0.717, 1.165) is 21.5 Å². The first-order chi connectivity index (χ1) is 16.0. The van der Waals surface area contributed by atoms with Gasteiger partial charge in [-0.25, -0.2) is 4.98 Å². The van der Waals surface area contributed by atoms with Crippen molar-refractivity contribution in [1.82, 2.24) is 14.5 Å². The third-order valence-corrected chi connectivity index (χ3v) is 6.00. The van der Waals surface area contributed by atoms with Crippen LogP contribution >= 0.6 is 0 Å². The maximum atomic E-state index is 14.2. The lowest BCUT2D eigenvalue weighted by atomic mass is 9.97. The fourth-order valence-electron chi connectivity index (χ4n) is 4.41. The number of fused-ring (bicyclic) bond motifs is 3. The number of rotatable bonds is 7. The Bertz CT molecular complexity index is 1340. The number of hydrogen-bond donors (Lipinski definition) is 1. The van der Waals surface area contributed by atoms with Crippen LogP contribution in [0.2, 0.25) is 0 Å². The molecule has 0 spiro atoms. The SMILES string of the molecule is CC(C)C[C@@H](C(=O)O)N(C)[C@@H](c1ccc2c(c1)oc1ccc(-c3cn(C)cn3)cc12)C(F)(F)F. The highest BCUT2D eigenvalue weighted by molar-refractivity contribution is 6.06. The Morgan fingerprint density at radius 3 is 2.47 bits per heavy atom. The van der Waals surface area contributed by atoms with Crippen molar-refractivity contribution in [2.24, 2.45) is 13.0 Å². The summed E-state index contributed by atoms with van der Waals surface area (Å²) >= 11 is 0. The average Bonchev–Trinajstić information content (AvgIpc) is 3.33. The van der Waals surface area contributed by atoms with Crippen molar-refractivity contribution in [2.45, 2.75) is 38.5 Å². The summed E-state index contributed by atoms with van der Waals surface area (Å²) in [5, 5.41) is 11.1. The van der Waals surface area contributed by atoms with Gasteiger partial charge in [-0.2, -0.15) is 13.2 Å². The Balaban J connectivity index is 1.78. The molecule has 0 aliphatic heterocycles. The minimum absolute atomic E-state index is 0.0680. The van der Waals surface area contributed by atoms with E-state index in [0.29, 0.717) is 16.6 Å². The van der Waals surface area contributed by atoms with Crippen molar-refractivity contribution in [2.75, 3.05) is 7.05 Å². The van der Waals surface area contributed by atoms with Crippen LogP contribution in [0.25, 0.3) is 33.2 Å². The summed E-state index contributed by atoms with van der Waals surface area (Å²) in [5.41, 5.74) is 2.43. The topological polar surface area (TPSA) is 71.5 Å². The molecule has 0 saturated heterocycles. The summed E-state index contributed by atoms with van der Waals surface area (Å²) in [7, 11) is 3.08. The van der Waals surface area contributed by atoms with E-state index in [9.17, 15) is 23.1 Å². The molecule has 0 bridgehead atoms. The number of hydrogen-bond acceptors (Lipinski definition) is 4. The second-order valence-electron chi connectivity index (χ2n) is 9.09. The number of carboxylic acid groups (broad SMARTS) is 1. The molecule has 0 aliphatic rings. The molecule has 6 nitrogen and oxygen atoms in total. The number of likely N-dealkylation sites (N-methyl/N-ethyl adjacent to an activating group) is 1. The molecular formula is C25H26F3N3O3. The molecule has 9 heteroatoms. The number of imidazole rings is 1. The van der Waals surface area contributed by atoms with Crippen LogP contribution in [0.5, 0.6) is 0 Å². The molecule has 0 unspecified atom stereocenters. The van der Waals surface area contributed by atoms with Gasteiger partial charge in [-0.1, -0.05) is 26.0 Å². The molecule has 0 aliphatic carbocycles. The molecule has 2 aromatic carbocycles. The van der Waals surface area contributed by atoms with Gasteiger partial charge in [0.15, 0.2) is 0 Å². The van der Waals surface area contributed by atoms with Gasteiger partial charge in [-0.05, 0) is 49.2 Å². The molecular weight excluding hydrogens is 447 g/mol. The summed E-state index contributed by atoms with van der Waals surface area (Å²) in [6.45, 7) is 3.57. The van der Waals surface area contributed by atoms with Crippen LogP contribution in [0, 0.1) is 5.92 Å². The van der Waals surface area contributed by atoms with Crippen LogP contribution in [0.1, 0.15) is 31.9 Å². The van der Waals surface area contributed by atoms with Gasteiger partial charge < -0.3 is 14.1 Å². The van der Waals surface area contributed by atoms with Gasteiger partial charge in [0, 0.05) is 29.6 Å². The van der Waals surface area contributed by atoms with Crippen LogP contribution < -0.4 is 0 Å². The zero-order chi connectivity index (χ0) is 24.8. The van der Waals surface area contributed by atoms with Crippen molar-refractivity contribution in [3.05, 3.63) is 54.5 Å². The first-order valence-electron chi connectivity index (χ1n) is 10.9. The fourth-order valence-corrected chi connectivity index (χ4v) is 4.41. The number of aromatic nitrogens is 2. The van der Waals surface area contributed by atoms with Gasteiger partial charge in [0.1, 0.15) is 23.2 Å². The Labute approximate surface area is 194 Å². The van der Waals surface area contributed by atoms with E-state index in [-0.39, 0.29) is 17.9 Å². The molecule has 2 atom stereocenters. The Morgan fingerprint density at radius 1 is 1.15 bits per heavy atom. The molecule has 0 radical (unpaired) electrons. The van der Waals surface area contributed by atoms with Gasteiger partial charge in [0.05, 0.1) is 12.0 Å². The normalized spacial score (nSPS) is 14.4. The standard InChI is InChI=1S/C25H26F3N3O3/c1-14(2)9-20(24(32)33)31(4)23(25(26,27)28)16-5-7-17-18-10-15(19-12-30(3)13-29-19)6-8-21(18)34-22(17)11-16/h5-8,10-14,20,23H,9H2,1-4H3,(H,32,33)/t20-,23-/m0/s1. The zero-order valence-electron chi connectivity index (χ0n) is 19.3. The molecule has 2 aromatic heterocycles. The van der Waals surface area contributed by atoms with Crippen molar-refractivity contribution in [3.63, 3.8) is 0 Å². The maximum absolute atomic E-state index is 14.2. The molecule has 2 heterocycles. The molecule has 4 rings (SSSR count). The lowest BCUT2D eigenvalue weighted by Crippen LogP contribution is -2.46. The van der Waals surface area contributed by atoms with E-state index >= 15 is 0 Å². The summed E-state index contributed by atoms with van der Waals surface area (Å²) in [6, 6.07) is 6.52. The highest BCUT2D eigenvalue weighted by atomic mass is 19.4. The van der Waals surface area contributed by atoms with Crippen LogP contribution in [0.15, 0.2) is 53.3 Å². The molecule has 0 saturated carbocycles. The first-order valence-corrected chi connectivity index (χ1v) is 10.9. The molecule has 180 valence electrons. The van der Waals surface area contributed by atoms with E-state index in [1.807, 2.05) is 29.9 Å². The van der Waals surface area contributed by atoms with Gasteiger partial charge in [-0.3, -0.25) is 9.69 Å². The largest absolute Gasteiger partial charge is 0.480 e. The van der Waals surface area contributed by atoms with E-state index in [1.165, 1.54) is 19.2 Å². The maximum Gasteiger partial charge on any atom is 0.408 e. The first kappa shape index (κ1) is 23.8. The van der Waals surface area contributed by atoms with Crippen molar-refractivity contribution >= 4 is 27.9 Å². The molecule has 34 heavy (non-hydrogen) atoms. The number of carbonyl (C=O) groups is 1. The fraction of sp³-hybridized carbons (Fsp3) is 0.360. The monoisotopic (exact) mass is 473 g/mol. The van der Waals surface area contributed by atoms with Crippen LogP contribution in [0.4, 0.5) is 13.2 Å². The van der Waals surface area contributed by atoms with E-state index in [2.05, 4.69) is 4.98 Å². The quantitative estimate of drug-likeness (QED) is 0.355. The molecule has 1 N–H and O–H groups in total. The number of aliphatic carboxylic acids is 1. The van der Waals surface area contributed by atoms with Crippen LogP contribution in [0.3, 0.4) is 0 Å². The highest BCUT2D eigenvalue weighted by Gasteiger charge is 2.47. The second kappa shape index (κ2) is 8.79. The number of aryl methyl sites for hydroxylation is 1. The Hall–Kier alpha value is -3.33. The smallest absolute Gasteiger partial charge is 0.408 e. The van der Waals surface area contributed by atoms with Gasteiger partial charge >= 0.3 is 12.1 Å². The number of benzene rings is 2. The highest BCUT2D eigenvalue weighted by Crippen LogP contribution is 2.41. The van der Waals surface area contributed by atoms with Crippen molar-refractivity contribution in [1.29, 1.82) is 0 Å². The van der Waals surface area contributed by atoms with Gasteiger partial charge in [0.2, 0.25) is 0 Å². The summed E-state index contributed by atoms with van der Waals surface area (Å²) in [6.07, 6.45) is -1.01. The third-order valence-electron chi connectivity index (χ3n) is 6.00. The average molecular weight is 473 g/mol. The van der Waals surface area contributed by atoms with Crippen molar-refractivity contribution < 1.29 is 27.5 Å². The lowest BCUT2D eigenvalue weighted by molar-refractivity contribution is -0.192. The molecule has 0 amide bonds. The third kappa shape index (κ3) is 4.52. The van der Waals surface area contributed by atoms with Gasteiger partial charge in [0.25, 0.3) is 0 Å². The number of carboxylic acids is 1. The summed E-state index contributed by atoms with van der Waals surface area (Å²) in [5.74, 6) is -1.36. The zero-order valence-corrected chi connectivity index (χ0v) is 19.3. The minimum atomic E-state index is -4.68. The molecule has 4 aromatic rings. The predicted octanol–water partition coefficient (Wildman–Crippen LogP) is 6.02. The summed E-state index contributed by atoms with van der Waals surface area (Å²) in [4.78, 5) is 17.0. The number of halogens is 3. The number of furan rings is 1. The number of alkyl halides is 3. The summed E-state index contributed by atoms with van der Waals surface area (Å²) < 4.78 is 50.3. The number of nitrogens with zero attached hydrogens (tertiary/aromatic N) is 3. The van der Waals surface area contributed by atoms with Crippen molar-refractivity contribution in [3.8, 4) is 11.3 Å². The minimum Gasteiger partial charge on any atom is -0.480 e. The van der Waals surface area contributed by atoms with E-state index in [4.69, 9.17) is 4.42 Å². The predicted molar refractivity (Wildman–Crippen MR) is 123 cm³/mol. The van der Waals surface area contributed by atoms with Crippen LogP contribution in [-0.4, -0.2) is 44.8 Å². The molecule has 0 fully saturated rings. The lowest BCUT2D eigenvalue weighted by Gasteiger charge is -2.35. The van der Waals surface area contributed by atoms with E-state index in [1.54, 1.807) is 32.3 Å². The Kier molecular flexibility index (Phi) is 6.16. The van der Waals surface area contributed by atoms with Gasteiger partial charge in [-0.15, -0.1) is 0 Å². The van der Waals surface area contributed by atoms with E-state index < -0.39 is 24.2 Å².